The minimum Gasteiger partial charge on any atom is -0.497 e. The van der Waals surface area contributed by atoms with Crippen LogP contribution in [0, 0.1) is 0 Å². The molecule has 0 aliphatic carbocycles. The molecule has 0 spiro atoms. The Labute approximate surface area is 122 Å². The second-order valence-corrected chi connectivity index (χ2v) is 5.77. The van der Waals surface area contributed by atoms with Crippen LogP contribution in [0.2, 0.25) is 0 Å². The summed E-state index contributed by atoms with van der Waals surface area (Å²) in [6.45, 7) is 5.79. The van der Waals surface area contributed by atoms with Gasteiger partial charge in [-0.2, -0.15) is 0 Å². The lowest BCUT2D eigenvalue weighted by atomic mass is 10.1. The summed E-state index contributed by atoms with van der Waals surface area (Å²) in [7, 11) is 1.60. The highest BCUT2D eigenvalue weighted by atomic mass is 79.9. The number of piperazine rings is 1. The molecule has 2 unspecified atom stereocenters. The quantitative estimate of drug-likeness (QED) is 0.906. The first-order chi connectivity index (χ1) is 9.04. The van der Waals surface area contributed by atoms with Crippen LogP contribution in [0.1, 0.15) is 24.2 Å². The Morgan fingerprint density at radius 3 is 2.58 bits per heavy atom. The molecule has 1 N–H and O–H groups in total. The number of amides is 1. The van der Waals surface area contributed by atoms with Crippen molar-refractivity contribution in [1.29, 1.82) is 0 Å². The third-order valence-corrected chi connectivity index (χ3v) is 4.16. The molecule has 2 atom stereocenters. The molecule has 1 aromatic rings. The average molecular weight is 327 g/mol. The standard InChI is InChI=1S/C14H19BrN2O2/c1-9-7-16-8-10(2)17(9)14(18)12-6-11(19-3)4-5-13(12)15/h4-6,9-10,16H,7-8H2,1-3H3. The lowest BCUT2D eigenvalue weighted by molar-refractivity contribution is 0.0543. The summed E-state index contributed by atoms with van der Waals surface area (Å²) in [5, 5.41) is 3.33. The number of rotatable bonds is 2. The summed E-state index contributed by atoms with van der Waals surface area (Å²) in [6.07, 6.45) is 0. The Morgan fingerprint density at radius 2 is 2.00 bits per heavy atom. The normalized spacial score (nSPS) is 23.3. The van der Waals surface area contributed by atoms with Crippen LogP contribution < -0.4 is 10.1 Å². The molecule has 1 aromatic carbocycles. The van der Waals surface area contributed by atoms with Crippen LogP contribution in [0.25, 0.3) is 0 Å². The number of nitrogens with zero attached hydrogens (tertiary/aromatic N) is 1. The minimum atomic E-state index is 0.0484. The van der Waals surface area contributed by atoms with Crippen molar-refractivity contribution in [2.45, 2.75) is 25.9 Å². The molecule has 19 heavy (non-hydrogen) atoms. The number of nitrogens with one attached hydrogen (secondary N) is 1. The van der Waals surface area contributed by atoms with E-state index in [0.717, 1.165) is 17.6 Å². The average Bonchev–Trinajstić information content (AvgIpc) is 2.39. The molecule has 5 heteroatoms. The van der Waals surface area contributed by atoms with Gasteiger partial charge in [-0.05, 0) is 48.0 Å². The monoisotopic (exact) mass is 326 g/mol. The van der Waals surface area contributed by atoms with Gasteiger partial charge in [0.25, 0.3) is 5.91 Å². The number of methoxy groups -OCH3 is 1. The van der Waals surface area contributed by atoms with Crippen molar-refractivity contribution in [3.8, 4) is 5.75 Å². The zero-order valence-electron chi connectivity index (χ0n) is 11.4. The van der Waals surface area contributed by atoms with E-state index >= 15 is 0 Å². The van der Waals surface area contributed by atoms with Crippen LogP contribution >= 0.6 is 15.9 Å². The first kappa shape index (κ1) is 14.3. The molecule has 104 valence electrons. The second-order valence-electron chi connectivity index (χ2n) is 4.91. The number of halogens is 1. The number of benzene rings is 1. The molecule has 1 saturated heterocycles. The van der Waals surface area contributed by atoms with Gasteiger partial charge in [0.05, 0.1) is 12.7 Å². The maximum absolute atomic E-state index is 12.7. The van der Waals surface area contributed by atoms with Gasteiger partial charge in [-0.3, -0.25) is 4.79 Å². The fourth-order valence-electron chi connectivity index (χ4n) is 2.47. The van der Waals surface area contributed by atoms with E-state index < -0.39 is 0 Å². The van der Waals surface area contributed by atoms with E-state index in [2.05, 4.69) is 35.1 Å². The minimum absolute atomic E-state index is 0.0484. The van der Waals surface area contributed by atoms with Gasteiger partial charge in [-0.15, -0.1) is 0 Å². The van der Waals surface area contributed by atoms with Crippen LogP contribution in [0.3, 0.4) is 0 Å². The van der Waals surface area contributed by atoms with Gasteiger partial charge in [-0.25, -0.2) is 0 Å². The highest BCUT2D eigenvalue weighted by Gasteiger charge is 2.30. The van der Waals surface area contributed by atoms with Gasteiger partial charge in [-0.1, -0.05) is 0 Å². The van der Waals surface area contributed by atoms with Crippen LogP contribution in [0.4, 0.5) is 0 Å². The van der Waals surface area contributed by atoms with Gasteiger partial charge >= 0.3 is 0 Å². The zero-order valence-corrected chi connectivity index (χ0v) is 13.0. The zero-order chi connectivity index (χ0) is 14.0. The van der Waals surface area contributed by atoms with Crippen LogP contribution in [-0.2, 0) is 0 Å². The van der Waals surface area contributed by atoms with Gasteiger partial charge < -0.3 is 15.0 Å². The maximum Gasteiger partial charge on any atom is 0.255 e. The Balaban J connectivity index is 2.32. The largest absolute Gasteiger partial charge is 0.497 e. The molecular formula is C14H19BrN2O2. The molecule has 0 radical (unpaired) electrons. The molecule has 0 saturated carbocycles. The van der Waals surface area contributed by atoms with Crippen molar-refractivity contribution in [3.63, 3.8) is 0 Å². The predicted octanol–water partition coefficient (Wildman–Crippen LogP) is 2.28. The van der Waals surface area contributed by atoms with E-state index in [1.165, 1.54) is 0 Å². The highest BCUT2D eigenvalue weighted by molar-refractivity contribution is 9.10. The van der Waals surface area contributed by atoms with Crippen molar-refractivity contribution in [2.75, 3.05) is 20.2 Å². The fraction of sp³-hybridized carbons (Fsp3) is 0.500. The molecule has 1 aliphatic heterocycles. The number of ether oxygens (including phenoxy) is 1. The van der Waals surface area contributed by atoms with Crippen molar-refractivity contribution in [2.24, 2.45) is 0 Å². The van der Waals surface area contributed by atoms with E-state index in [1.807, 2.05) is 17.0 Å². The summed E-state index contributed by atoms with van der Waals surface area (Å²) < 4.78 is 6.00. The predicted molar refractivity (Wildman–Crippen MR) is 78.7 cm³/mol. The summed E-state index contributed by atoms with van der Waals surface area (Å²) in [6, 6.07) is 5.85. The molecule has 1 aliphatic rings. The van der Waals surface area contributed by atoms with E-state index in [1.54, 1.807) is 13.2 Å². The first-order valence-corrected chi connectivity index (χ1v) is 7.20. The van der Waals surface area contributed by atoms with E-state index in [0.29, 0.717) is 11.3 Å². The smallest absolute Gasteiger partial charge is 0.255 e. The topological polar surface area (TPSA) is 41.6 Å². The van der Waals surface area contributed by atoms with Gasteiger partial charge in [0, 0.05) is 29.6 Å². The van der Waals surface area contributed by atoms with Crippen LogP contribution in [-0.4, -0.2) is 43.1 Å². The van der Waals surface area contributed by atoms with Crippen LogP contribution in [0.5, 0.6) is 5.75 Å². The number of hydrogen-bond acceptors (Lipinski definition) is 3. The third-order valence-electron chi connectivity index (χ3n) is 3.47. The van der Waals surface area contributed by atoms with Crippen molar-refractivity contribution in [3.05, 3.63) is 28.2 Å². The van der Waals surface area contributed by atoms with Crippen molar-refractivity contribution in [1.82, 2.24) is 10.2 Å². The number of carbonyl (C=O) groups excluding carboxylic acids is 1. The molecule has 1 fully saturated rings. The maximum atomic E-state index is 12.7. The summed E-state index contributed by atoms with van der Waals surface area (Å²) in [5.41, 5.74) is 0.653. The number of hydrogen-bond donors (Lipinski definition) is 1. The molecule has 0 bridgehead atoms. The van der Waals surface area contributed by atoms with Gasteiger partial charge in [0.1, 0.15) is 5.75 Å². The Morgan fingerprint density at radius 1 is 1.37 bits per heavy atom. The van der Waals surface area contributed by atoms with Crippen molar-refractivity contribution >= 4 is 21.8 Å². The van der Waals surface area contributed by atoms with E-state index in [-0.39, 0.29) is 18.0 Å². The Hall–Kier alpha value is -1.07. The Kier molecular flexibility index (Phi) is 4.47. The van der Waals surface area contributed by atoms with E-state index in [4.69, 9.17) is 4.74 Å². The molecular weight excluding hydrogens is 308 g/mol. The lowest BCUT2D eigenvalue weighted by Gasteiger charge is -2.39. The first-order valence-electron chi connectivity index (χ1n) is 6.41. The van der Waals surface area contributed by atoms with Gasteiger partial charge in [0.2, 0.25) is 0 Å². The molecule has 0 aromatic heterocycles. The van der Waals surface area contributed by atoms with E-state index in [9.17, 15) is 4.79 Å². The van der Waals surface area contributed by atoms with Crippen LogP contribution in [0.15, 0.2) is 22.7 Å². The molecule has 4 nitrogen and oxygen atoms in total. The lowest BCUT2D eigenvalue weighted by Crippen LogP contribution is -2.57. The Bertz CT molecular complexity index is 469. The fourth-order valence-corrected chi connectivity index (χ4v) is 2.88. The second kappa shape index (κ2) is 5.92. The summed E-state index contributed by atoms with van der Waals surface area (Å²) in [5.74, 6) is 0.745. The highest BCUT2D eigenvalue weighted by Crippen LogP contribution is 2.25. The molecule has 1 amide bonds. The summed E-state index contributed by atoms with van der Waals surface area (Å²) in [4.78, 5) is 14.7. The van der Waals surface area contributed by atoms with Crippen molar-refractivity contribution < 1.29 is 9.53 Å². The molecule has 1 heterocycles. The molecule has 2 rings (SSSR count). The third kappa shape index (κ3) is 2.92. The summed E-state index contributed by atoms with van der Waals surface area (Å²) >= 11 is 3.45. The SMILES string of the molecule is COc1ccc(Br)c(C(=O)N2C(C)CNCC2C)c1. The van der Waals surface area contributed by atoms with Gasteiger partial charge in [0.15, 0.2) is 0 Å². The number of carbonyl (C=O) groups is 1.